The molecule has 2 N–H and O–H groups in total. The maximum atomic E-state index is 11.8. The molecule has 0 spiro atoms. The van der Waals surface area contributed by atoms with Crippen molar-refractivity contribution in [2.75, 3.05) is 11.9 Å². The molecule has 0 radical (unpaired) electrons. The predicted molar refractivity (Wildman–Crippen MR) is 101 cm³/mol. The van der Waals surface area contributed by atoms with Gasteiger partial charge in [0.15, 0.2) is 6.61 Å². The van der Waals surface area contributed by atoms with Gasteiger partial charge in [0.1, 0.15) is 0 Å². The van der Waals surface area contributed by atoms with Crippen molar-refractivity contribution in [1.82, 2.24) is 5.32 Å². The summed E-state index contributed by atoms with van der Waals surface area (Å²) in [5.41, 5.74) is 2.59. The first-order valence-corrected chi connectivity index (χ1v) is 9.18. The minimum Gasteiger partial charge on any atom is -0.456 e. The van der Waals surface area contributed by atoms with E-state index in [0.29, 0.717) is 12.1 Å². The van der Waals surface area contributed by atoms with E-state index in [4.69, 9.17) is 4.74 Å². The van der Waals surface area contributed by atoms with Gasteiger partial charge in [0.2, 0.25) is 0 Å². The molecular formula is C19H22N2O4S. The van der Waals surface area contributed by atoms with Gasteiger partial charge in [-0.2, -0.15) is 0 Å². The summed E-state index contributed by atoms with van der Waals surface area (Å²) in [4.78, 5) is 36.4. The number of amides is 3. The SMILES string of the molecule is Cc1ccc(NC(=O)NC(=O)COC(=O)CCCc2cccs2)c(C)c1. The number of benzene rings is 1. The van der Waals surface area contributed by atoms with Crippen molar-refractivity contribution in [2.45, 2.75) is 33.1 Å². The van der Waals surface area contributed by atoms with Crippen molar-refractivity contribution in [1.29, 1.82) is 0 Å². The van der Waals surface area contributed by atoms with Gasteiger partial charge in [-0.25, -0.2) is 4.79 Å². The third kappa shape index (κ3) is 6.68. The van der Waals surface area contributed by atoms with Crippen LogP contribution in [0.1, 0.15) is 28.8 Å². The van der Waals surface area contributed by atoms with Crippen molar-refractivity contribution >= 4 is 34.9 Å². The molecule has 7 heteroatoms. The fourth-order valence-electron chi connectivity index (χ4n) is 2.35. The van der Waals surface area contributed by atoms with Gasteiger partial charge in [0, 0.05) is 17.0 Å². The number of carbonyl (C=O) groups excluding carboxylic acids is 3. The molecule has 2 rings (SSSR count). The Morgan fingerprint density at radius 2 is 1.96 bits per heavy atom. The molecule has 0 aliphatic heterocycles. The molecule has 26 heavy (non-hydrogen) atoms. The van der Waals surface area contributed by atoms with Crippen LogP contribution < -0.4 is 10.6 Å². The van der Waals surface area contributed by atoms with E-state index in [1.807, 2.05) is 43.5 Å². The number of anilines is 1. The maximum Gasteiger partial charge on any atom is 0.325 e. The number of hydrogen-bond donors (Lipinski definition) is 2. The largest absolute Gasteiger partial charge is 0.456 e. The summed E-state index contributed by atoms with van der Waals surface area (Å²) < 4.78 is 4.89. The lowest BCUT2D eigenvalue weighted by atomic mass is 10.1. The zero-order valence-corrected chi connectivity index (χ0v) is 15.7. The third-order valence-electron chi connectivity index (χ3n) is 3.63. The molecule has 1 aromatic carbocycles. The average Bonchev–Trinajstić information content (AvgIpc) is 3.09. The first-order valence-electron chi connectivity index (χ1n) is 8.30. The Balaban J connectivity index is 1.65. The Morgan fingerprint density at radius 1 is 1.15 bits per heavy atom. The van der Waals surface area contributed by atoms with Crippen molar-refractivity contribution in [3.63, 3.8) is 0 Å². The van der Waals surface area contributed by atoms with E-state index >= 15 is 0 Å². The van der Waals surface area contributed by atoms with Gasteiger partial charge in [-0.1, -0.05) is 23.8 Å². The standard InChI is InChI=1S/C19H22N2O4S/c1-13-8-9-16(14(2)11-13)20-19(24)21-17(22)12-25-18(23)7-3-5-15-6-4-10-26-15/h4,6,8-11H,3,5,7,12H2,1-2H3,(H2,20,21,22,24). The molecule has 3 amide bonds. The Hall–Kier alpha value is -2.67. The van der Waals surface area contributed by atoms with Gasteiger partial charge in [0.05, 0.1) is 0 Å². The van der Waals surface area contributed by atoms with Crippen LogP contribution in [0.3, 0.4) is 0 Å². The number of urea groups is 1. The van der Waals surface area contributed by atoms with Crippen LogP contribution in [-0.4, -0.2) is 24.5 Å². The lowest BCUT2D eigenvalue weighted by Gasteiger charge is -2.10. The highest BCUT2D eigenvalue weighted by Gasteiger charge is 2.12. The molecule has 0 saturated carbocycles. The van der Waals surface area contributed by atoms with Crippen molar-refractivity contribution in [2.24, 2.45) is 0 Å². The van der Waals surface area contributed by atoms with E-state index in [2.05, 4.69) is 10.6 Å². The average molecular weight is 374 g/mol. The number of hydrogen-bond acceptors (Lipinski definition) is 5. The van der Waals surface area contributed by atoms with E-state index in [0.717, 1.165) is 17.5 Å². The van der Waals surface area contributed by atoms with Gasteiger partial charge < -0.3 is 10.1 Å². The number of rotatable bonds is 7. The molecule has 0 bridgehead atoms. The van der Waals surface area contributed by atoms with E-state index in [1.165, 1.54) is 4.88 Å². The summed E-state index contributed by atoms with van der Waals surface area (Å²) in [7, 11) is 0. The summed E-state index contributed by atoms with van der Waals surface area (Å²) >= 11 is 1.64. The summed E-state index contributed by atoms with van der Waals surface area (Å²) in [6.07, 6.45) is 1.70. The second-order valence-electron chi connectivity index (χ2n) is 5.91. The molecule has 6 nitrogen and oxygen atoms in total. The highest BCUT2D eigenvalue weighted by Crippen LogP contribution is 2.15. The van der Waals surface area contributed by atoms with E-state index in [-0.39, 0.29) is 6.42 Å². The van der Waals surface area contributed by atoms with E-state index < -0.39 is 24.5 Å². The summed E-state index contributed by atoms with van der Waals surface area (Å²) in [5.74, 6) is -1.12. The smallest absolute Gasteiger partial charge is 0.325 e. The van der Waals surface area contributed by atoms with Crippen LogP contribution in [0.5, 0.6) is 0 Å². The summed E-state index contributed by atoms with van der Waals surface area (Å²) in [6.45, 7) is 3.34. The zero-order chi connectivity index (χ0) is 18.9. The number of ether oxygens (including phenoxy) is 1. The lowest BCUT2D eigenvalue weighted by molar-refractivity contribution is -0.148. The topological polar surface area (TPSA) is 84.5 Å². The molecular weight excluding hydrogens is 352 g/mol. The Kier molecular flexibility index (Phi) is 7.35. The van der Waals surface area contributed by atoms with Gasteiger partial charge in [0.25, 0.3) is 5.91 Å². The van der Waals surface area contributed by atoms with Gasteiger partial charge in [-0.05, 0) is 49.8 Å². The van der Waals surface area contributed by atoms with Gasteiger partial charge in [-0.15, -0.1) is 11.3 Å². The van der Waals surface area contributed by atoms with Crippen molar-refractivity contribution in [3.8, 4) is 0 Å². The van der Waals surface area contributed by atoms with Gasteiger partial charge in [-0.3, -0.25) is 14.9 Å². The molecule has 0 aliphatic carbocycles. The Labute approximate surface area is 156 Å². The van der Waals surface area contributed by atoms with Crippen molar-refractivity contribution in [3.05, 3.63) is 51.7 Å². The lowest BCUT2D eigenvalue weighted by Crippen LogP contribution is -2.37. The minimum absolute atomic E-state index is 0.236. The third-order valence-corrected chi connectivity index (χ3v) is 4.57. The minimum atomic E-state index is -0.668. The molecule has 0 unspecified atom stereocenters. The van der Waals surface area contributed by atoms with Crippen LogP contribution in [0.2, 0.25) is 0 Å². The van der Waals surface area contributed by atoms with Crippen LogP contribution in [-0.2, 0) is 20.7 Å². The number of thiophene rings is 1. The molecule has 1 heterocycles. The second-order valence-corrected chi connectivity index (χ2v) is 6.95. The first kappa shape index (κ1) is 19.7. The van der Waals surface area contributed by atoms with E-state index in [9.17, 15) is 14.4 Å². The number of aryl methyl sites for hydroxylation is 3. The molecule has 138 valence electrons. The Morgan fingerprint density at radius 3 is 2.65 bits per heavy atom. The Bertz CT molecular complexity index is 772. The number of nitrogens with one attached hydrogen (secondary N) is 2. The van der Waals surface area contributed by atoms with Crippen LogP contribution in [0.25, 0.3) is 0 Å². The molecule has 2 aromatic rings. The summed E-state index contributed by atoms with van der Waals surface area (Å²) in [5, 5.41) is 6.72. The molecule has 0 saturated heterocycles. The molecule has 0 fully saturated rings. The zero-order valence-electron chi connectivity index (χ0n) is 14.8. The first-order chi connectivity index (χ1) is 12.4. The number of imide groups is 1. The predicted octanol–water partition coefficient (Wildman–Crippen LogP) is 3.58. The fraction of sp³-hybridized carbons (Fsp3) is 0.316. The van der Waals surface area contributed by atoms with Crippen molar-refractivity contribution < 1.29 is 19.1 Å². The number of esters is 1. The molecule has 0 aliphatic rings. The second kappa shape index (κ2) is 9.72. The highest BCUT2D eigenvalue weighted by molar-refractivity contribution is 7.09. The fourth-order valence-corrected chi connectivity index (χ4v) is 3.10. The quantitative estimate of drug-likeness (QED) is 0.726. The molecule has 1 aromatic heterocycles. The normalized spacial score (nSPS) is 10.2. The van der Waals surface area contributed by atoms with Crippen LogP contribution in [0, 0.1) is 13.8 Å². The van der Waals surface area contributed by atoms with E-state index in [1.54, 1.807) is 17.4 Å². The van der Waals surface area contributed by atoms with Crippen LogP contribution >= 0.6 is 11.3 Å². The van der Waals surface area contributed by atoms with Crippen LogP contribution in [0.15, 0.2) is 35.7 Å². The monoisotopic (exact) mass is 374 g/mol. The van der Waals surface area contributed by atoms with Crippen LogP contribution in [0.4, 0.5) is 10.5 Å². The summed E-state index contributed by atoms with van der Waals surface area (Å²) in [6, 6.07) is 8.87. The maximum absolute atomic E-state index is 11.8. The highest BCUT2D eigenvalue weighted by atomic mass is 32.1. The van der Waals surface area contributed by atoms with Gasteiger partial charge >= 0.3 is 12.0 Å². The number of carbonyl (C=O) groups is 3. The molecule has 0 atom stereocenters.